The molecule has 0 saturated carbocycles. The van der Waals surface area contributed by atoms with Gasteiger partial charge in [0.05, 0.1) is 15.7 Å². The van der Waals surface area contributed by atoms with Crippen molar-refractivity contribution in [3.63, 3.8) is 0 Å². The van der Waals surface area contributed by atoms with Gasteiger partial charge in [-0.25, -0.2) is 22.7 Å². The first-order chi connectivity index (χ1) is 13.3. The number of hydrogen-bond acceptors (Lipinski definition) is 6. The SMILES string of the molecule is C[C@H](Sc1ncnc2ccccc12)C(=O)Nc1cccc(S(=O)(=O)N(C)C)c1. The highest BCUT2D eigenvalue weighted by molar-refractivity contribution is 8.00. The first-order valence-corrected chi connectivity index (χ1v) is 10.8. The van der Waals surface area contributed by atoms with Crippen LogP contribution in [0.15, 0.2) is 64.8 Å². The van der Waals surface area contributed by atoms with E-state index >= 15 is 0 Å². The molecule has 1 N–H and O–H groups in total. The highest BCUT2D eigenvalue weighted by Gasteiger charge is 2.20. The summed E-state index contributed by atoms with van der Waals surface area (Å²) in [6.45, 7) is 1.78. The van der Waals surface area contributed by atoms with Crippen LogP contribution in [-0.2, 0) is 14.8 Å². The maximum Gasteiger partial charge on any atom is 0.242 e. The van der Waals surface area contributed by atoms with E-state index in [1.807, 2.05) is 24.3 Å². The van der Waals surface area contributed by atoms with E-state index in [4.69, 9.17) is 0 Å². The average Bonchev–Trinajstić information content (AvgIpc) is 2.68. The minimum absolute atomic E-state index is 0.123. The summed E-state index contributed by atoms with van der Waals surface area (Å²) >= 11 is 1.33. The van der Waals surface area contributed by atoms with Crippen LogP contribution in [0.5, 0.6) is 0 Å². The van der Waals surface area contributed by atoms with Crippen molar-refractivity contribution in [3.05, 3.63) is 54.9 Å². The fourth-order valence-corrected chi connectivity index (χ4v) is 4.34. The number of benzene rings is 2. The molecule has 1 heterocycles. The van der Waals surface area contributed by atoms with Crippen LogP contribution in [0, 0.1) is 0 Å². The lowest BCUT2D eigenvalue weighted by Gasteiger charge is -2.15. The second-order valence-electron chi connectivity index (χ2n) is 6.26. The molecule has 2 aromatic carbocycles. The van der Waals surface area contributed by atoms with E-state index in [9.17, 15) is 13.2 Å². The molecule has 1 aromatic heterocycles. The summed E-state index contributed by atoms with van der Waals surface area (Å²) in [7, 11) is -0.641. The third-order valence-electron chi connectivity index (χ3n) is 4.04. The van der Waals surface area contributed by atoms with Gasteiger partial charge in [-0.05, 0) is 31.2 Å². The predicted molar refractivity (Wildman–Crippen MR) is 111 cm³/mol. The van der Waals surface area contributed by atoms with Crippen LogP contribution >= 0.6 is 11.8 Å². The fraction of sp³-hybridized carbons (Fsp3) is 0.211. The normalized spacial score (nSPS) is 12.9. The topological polar surface area (TPSA) is 92.3 Å². The van der Waals surface area contributed by atoms with Gasteiger partial charge in [-0.1, -0.05) is 36.0 Å². The Morgan fingerprint density at radius 3 is 2.61 bits per heavy atom. The largest absolute Gasteiger partial charge is 0.325 e. The number of aromatic nitrogens is 2. The summed E-state index contributed by atoms with van der Waals surface area (Å²) in [6, 6.07) is 13.8. The van der Waals surface area contributed by atoms with E-state index in [-0.39, 0.29) is 10.8 Å². The predicted octanol–water partition coefficient (Wildman–Crippen LogP) is 3.00. The van der Waals surface area contributed by atoms with E-state index in [1.54, 1.807) is 19.1 Å². The quantitative estimate of drug-likeness (QED) is 0.491. The molecule has 7 nitrogen and oxygen atoms in total. The van der Waals surface area contributed by atoms with Crippen LogP contribution in [0.25, 0.3) is 10.9 Å². The summed E-state index contributed by atoms with van der Waals surface area (Å²) < 4.78 is 25.7. The Balaban J connectivity index is 1.76. The highest BCUT2D eigenvalue weighted by Crippen LogP contribution is 2.28. The van der Waals surface area contributed by atoms with Crippen molar-refractivity contribution >= 4 is 44.3 Å². The van der Waals surface area contributed by atoms with Crippen LogP contribution in [0.3, 0.4) is 0 Å². The van der Waals surface area contributed by atoms with Crippen LogP contribution in [0.1, 0.15) is 6.92 Å². The van der Waals surface area contributed by atoms with Gasteiger partial charge in [0, 0.05) is 25.2 Å². The zero-order valence-electron chi connectivity index (χ0n) is 15.7. The minimum atomic E-state index is -3.57. The summed E-state index contributed by atoms with van der Waals surface area (Å²) in [5.41, 5.74) is 1.24. The number of thioether (sulfide) groups is 1. The third-order valence-corrected chi connectivity index (χ3v) is 6.97. The molecule has 0 aliphatic heterocycles. The average molecular weight is 417 g/mol. The molecule has 1 atom stereocenters. The molecule has 0 fully saturated rings. The molecule has 0 bridgehead atoms. The lowest BCUT2D eigenvalue weighted by Crippen LogP contribution is -2.24. The number of anilines is 1. The molecule has 3 aromatic rings. The number of hydrogen-bond donors (Lipinski definition) is 1. The molecule has 146 valence electrons. The van der Waals surface area contributed by atoms with Gasteiger partial charge in [0.1, 0.15) is 11.4 Å². The van der Waals surface area contributed by atoms with Gasteiger partial charge in [-0.3, -0.25) is 4.79 Å². The molecule has 0 aliphatic carbocycles. The smallest absolute Gasteiger partial charge is 0.242 e. The minimum Gasteiger partial charge on any atom is -0.325 e. The number of rotatable bonds is 6. The number of para-hydroxylation sites is 1. The maximum absolute atomic E-state index is 12.6. The van der Waals surface area contributed by atoms with Crippen molar-refractivity contribution in [3.8, 4) is 0 Å². The first-order valence-electron chi connectivity index (χ1n) is 8.49. The van der Waals surface area contributed by atoms with Crippen LogP contribution in [0.2, 0.25) is 0 Å². The van der Waals surface area contributed by atoms with Crippen molar-refractivity contribution in [2.45, 2.75) is 22.1 Å². The lowest BCUT2D eigenvalue weighted by molar-refractivity contribution is -0.115. The molecule has 1 amide bonds. The molecule has 0 aliphatic rings. The second kappa shape index (κ2) is 8.26. The van der Waals surface area contributed by atoms with Crippen molar-refractivity contribution in [2.24, 2.45) is 0 Å². The monoisotopic (exact) mass is 416 g/mol. The Hall–Kier alpha value is -2.49. The number of carbonyl (C=O) groups is 1. The van der Waals surface area contributed by atoms with Gasteiger partial charge in [-0.15, -0.1) is 0 Å². The molecule has 0 unspecified atom stereocenters. The Morgan fingerprint density at radius 2 is 1.86 bits per heavy atom. The number of fused-ring (bicyclic) bond motifs is 1. The molecule has 3 rings (SSSR count). The van der Waals surface area contributed by atoms with Gasteiger partial charge < -0.3 is 5.32 Å². The lowest BCUT2D eigenvalue weighted by atomic mass is 10.2. The van der Waals surface area contributed by atoms with Crippen molar-refractivity contribution in [2.75, 3.05) is 19.4 Å². The summed E-state index contributed by atoms with van der Waals surface area (Å²) in [6.07, 6.45) is 1.48. The van der Waals surface area contributed by atoms with E-state index < -0.39 is 15.3 Å². The Bertz CT molecular complexity index is 1110. The van der Waals surface area contributed by atoms with Crippen LogP contribution in [-0.4, -0.2) is 47.9 Å². The number of nitrogens with zero attached hydrogens (tertiary/aromatic N) is 3. The zero-order chi connectivity index (χ0) is 20.3. The van der Waals surface area contributed by atoms with Crippen LogP contribution in [0.4, 0.5) is 5.69 Å². The van der Waals surface area contributed by atoms with E-state index in [1.165, 1.54) is 44.3 Å². The molecule has 9 heteroatoms. The molecule has 0 saturated heterocycles. The Labute approximate surface area is 168 Å². The molecule has 0 spiro atoms. The molecule has 0 radical (unpaired) electrons. The first kappa shape index (κ1) is 20.2. The van der Waals surface area contributed by atoms with Gasteiger partial charge in [-0.2, -0.15) is 0 Å². The van der Waals surface area contributed by atoms with E-state index in [2.05, 4.69) is 15.3 Å². The van der Waals surface area contributed by atoms with E-state index in [0.717, 1.165) is 20.2 Å². The fourth-order valence-electron chi connectivity index (χ4n) is 2.48. The van der Waals surface area contributed by atoms with Crippen molar-refractivity contribution in [1.29, 1.82) is 0 Å². The third kappa shape index (κ3) is 4.32. The number of carbonyl (C=O) groups excluding carboxylic acids is 1. The standard InChI is InChI=1S/C19H20N4O3S2/c1-13(27-19-16-9-4-5-10-17(16)20-12-21-19)18(24)22-14-7-6-8-15(11-14)28(25,26)23(2)3/h4-13H,1-3H3,(H,22,24)/t13-/m0/s1. The zero-order valence-corrected chi connectivity index (χ0v) is 17.3. The number of sulfonamides is 1. The number of amides is 1. The van der Waals surface area contributed by atoms with Gasteiger partial charge in [0.2, 0.25) is 15.9 Å². The van der Waals surface area contributed by atoms with E-state index in [0.29, 0.717) is 5.69 Å². The number of nitrogens with one attached hydrogen (secondary N) is 1. The van der Waals surface area contributed by atoms with Crippen molar-refractivity contribution in [1.82, 2.24) is 14.3 Å². The molecule has 28 heavy (non-hydrogen) atoms. The Kier molecular flexibility index (Phi) is 5.97. The molecular formula is C19H20N4O3S2. The summed E-state index contributed by atoms with van der Waals surface area (Å²) in [5.74, 6) is -0.243. The molecular weight excluding hydrogens is 396 g/mol. The van der Waals surface area contributed by atoms with Gasteiger partial charge in [0.15, 0.2) is 0 Å². The van der Waals surface area contributed by atoms with Crippen molar-refractivity contribution < 1.29 is 13.2 Å². The maximum atomic E-state index is 12.6. The summed E-state index contributed by atoms with van der Waals surface area (Å²) in [4.78, 5) is 21.2. The second-order valence-corrected chi connectivity index (χ2v) is 9.74. The van der Waals surface area contributed by atoms with Gasteiger partial charge in [0.25, 0.3) is 0 Å². The highest BCUT2D eigenvalue weighted by atomic mass is 32.2. The van der Waals surface area contributed by atoms with Gasteiger partial charge >= 0.3 is 0 Å². The Morgan fingerprint density at radius 1 is 1.11 bits per heavy atom. The summed E-state index contributed by atoms with van der Waals surface area (Å²) in [5, 5.41) is 3.94. The van der Waals surface area contributed by atoms with Crippen LogP contribution < -0.4 is 5.32 Å².